The molecule has 5 aromatic rings. The standard InChI is InChI=1S/C30H23FN2O/c1-32-26-14-8-7-13-25(26)27(28(32)21-9-3-2-4-10-21)29-23-11-5-6-12-24(23)30(34)33(29)19-20-15-17-22(31)18-16-20/h2-18,29H,19H2,1H3/t29-/m1/s1. The number of rotatable bonds is 4. The lowest BCUT2D eigenvalue weighted by molar-refractivity contribution is 0.0737. The summed E-state index contributed by atoms with van der Waals surface area (Å²) >= 11 is 0. The van der Waals surface area contributed by atoms with Crippen molar-refractivity contribution >= 4 is 16.8 Å². The van der Waals surface area contributed by atoms with Crippen LogP contribution >= 0.6 is 0 Å². The molecular weight excluding hydrogens is 423 g/mol. The number of aromatic nitrogens is 1. The highest BCUT2D eigenvalue weighted by Crippen LogP contribution is 2.46. The largest absolute Gasteiger partial charge is 0.343 e. The predicted octanol–water partition coefficient (Wildman–Crippen LogP) is 6.73. The highest BCUT2D eigenvalue weighted by atomic mass is 19.1. The third-order valence-electron chi connectivity index (χ3n) is 6.79. The second-order valence-corrected chi connectivity index (χ2v) is 8.75. The van der Waals surface area contributed by atoms with Crippen molar-refractivity contribution in [1.29, 1.82) is 0 Å². The lowest BCUT2D eigenvalue weighted by Crippen LogP contribution is -2.28. The lowest BCUT2D eigenvalue weighted by Gasteiger charge is -2.27. The van der Waals surface area contributed by atoms with Gasteiger partial charge in [0, 0.05) is 35.6 Å². The first-order chi connectivity index (χ1) is 16.6. The zero-order valence-corrected chi connectivity index (χ0v) is 18.8. The van der Waals surface area contributed by atoms with E-state index >= 15 is 0 Å². The molecule has 0 saturated heterocycles. The zero-order valence-electron chi connectivity index (χ0n) is 18.8. The summed E-state index contributed by atoms with van der Waals surface area (Å²) < 4.78 is 15.8. The molecule has 166 valence electrons. The molecule has 1 aliphatic rings. The van der Waals surface area contributed by atoms with Crippen molar-refractivity contribution in [3.8, 4) is 11.3 Å². The van der Waals surface area contributed by atoms with E-state index in [2.05, 4.69) is 41.9 Å². The number of halogens is 1. The fourth-order valence-electron chi connectivity index (χ4n) is 5.28. The summed E-state index contributed by atoms with van der Waals surface area (Å²) in [6, 6.07) is 32.7. The molecular formula is C30H23FN2O. The maximum atomic E-state index is 13.7. The van der Waals surface area contributed by atoms with Crippen LogP contribution in [0.1, 0.15) is 33.1 Å². The molecule has 0 aliphatic carbocycles. The van der Waals surface area contributed by atoms with Gasteiger partial charge in [-0.2, -0.15) is 0 Å². The van der Waals surface area contributed by atoms with Crippen LogP contribution in [0.3, 0.4) is 0 Å². The van der Waals surface area contributed by atoms with Crippen LogP contribution in [0.2, 0.25) is 0 Å². The van der Waals surface area contributed by atoms with E-state index in [9.17, 15) is 9.18 Å². The van der Waals surface area contributed by atoms with Gasteiger partial charge in [-0.3, -0.25) is 4.79 Å². The molecule has 1 amide bonds. The Bertz CT molecular complexity index is 1520. The number of nitrogens with zero attached hydrogens (tertiary/aromatic N) is 2. The molecule has 0 bridgehead atoms. The fourth-order valence-corrected chi connectivity index (χ4v) is 5.28. The Kier molecular flexibility index (Phi) is 4.80. The number of benzene rings is 4. The molecule has 1 atom stereocenters. The maximum Gasteiger partial charge on any atom is 0.255 e. The molecule has 34 heavy (non-hydrogen) atoms. The first kappa shape index (κ1) is 20.4. The van der Waals surface area contributed by atoms with Crippen molar-refractivity contribution in [3.63, 3.8) is 0 Å². The first-order valence-electron chi connectivity index (χ1n) is 11.4. The van der Waals surface area contributed by atoms with Gasteiger partial charge in [0.2, 0.25) is 0 Å². The average molecular weight is 447 g/mol. The summed E-state index contributed by atoms with van der Waals surface area (Å²) in [6.45, 7) is 0.399. The van der Waals surface area contributed by atoms with Crippen LogP contribution in [-0.4, -0.2) is 15.4 Å². The monoisotopic (exact) mass is 446 g/mol. The van der Waals surface area contributed by atoms with Crippen molar-refractivity contribution in [2.75, 3.05) is 0 Å². The van der Waals surface area contributed by atoms with Gasteiger partial charge in [0.1, 0.15) is 5.82 Å². The number of carbonyl (C=O) groups is 1. The predicted molar refractivity (Wildman–Crippen MR) is 133 cm³/mol. The molecule has 6 rings (SSSR count). The highest BCUT2D eigenvalue weighted by Gasteiger charge is 2.40. The molecule has 0 fully saturated rings. The van der Waals surface area contributed by atoms with E-state index in [1.165, 1.54) is 12.1 Å². The van der Waals surface area contributed by atoms with Crippen molar-refractivity contribution in [2.45, 2.75) is 12.6 Å². The van der Waals surface area contributed by atoms with E-state index in [4.69, 9.17) is 0 Å². The molecule has 0 spiro atoms. The van der Waals surface area contributed by atoms with Gasteiger partial charge in [0.15, 0.2) is 0 Å². The van der Waals surface area contributed by atoms with Crippen LogP contribution in [0.25, 0.3) is 22.2 Å². The van der Waals surface area contributed by atoms with Crippen LogP contribution in [0.15, 0.2) is 103 Å². The molecule has 0 radical (unpaired) electrons. The Balaban J connectivity index is 1.62. The number of hydrogen-bond acceptors (Lipinski definition) is 1. The van der Waals surface area contributed by atoms with Gasteiger partial charge >= 0.3 is 0 Å². The average Bonchev–Trinajstić information content (AvgIpc) is 3.32. The minimum atomic E-state index is -0.281. The van der Waals surface area contributed by atoms with E-state index in [-0.39, 0.29) is 17.8 Å². The van der Waals surface area contributed by atoms with Crippen molar-refractivity contribution in [1.82, 2.24) is 9.47 Å². The lowest BCUT2D eigenvalue weighted by atomic mass is 9.93. The van der Waals surface area contributed by atoms with Gasteiger partial charge in [-0.15, -0.1) is 0 Å². The summed E-state index contributed by atoms with van der Waals surface area (Å²) in [5.41, 5.74) is 7.06. The number of carbonyl (C=O) groups excluding carboxylic acids is 1. The molecule has 1 aromatic heterocycles. The van der Waals surface area contributed by atoms with Crippen LogP contribution in [0.4, 0.5) is 4.39 Å². The van der Waals surface area contributed by atoms with E-state index < -0.39 is 0 Å². The molecule has 0 saturated carbocycles. The third-order valence-corrected chi connectivity index (χ3v) is 6.79. The Morgan fingerprint density at radius 1 is 0.794 bits per heavy atom. The van der Waals surface area contributed by atoms with E-state index in [1.807, 2.05) is 53.4 Å². The van der Waals surface area contributed by atoms with E-state index in [1.54, 1.807) is 12.1 Å². The Labute approximate surface area is 197 Å². The maximum absolute atomic E-state index is 13.7. The van der Waals surface area contributed by atoms with Crippen LogP contribution in [0, 0.1) is 5.82 Å². The number of hydrogen-bond donors (Lipinski definition) is 0. The molecule has 3 nitrogen and oxygen atoms in total. The SMILES string of the molecule is Cn1c(-c2ccccc2)c([C@H]2c3ccccc3C(=O)N2Cc2ccc(F)cc2)c2ccccc21. The van der Waals surface area contributed by atoms with Gasteiger partial charge in [0.25, 0.3) is 5.91 Å². The summed E-state index contributed by atoms with van der Waals surface area (Å²) in [6.07, 6.45) is 0. The topological polar surface area (TPSA) is 25.2 Å². The summed E-state index contributed by atoms with van der Waals surface area (Å²) in [4.78, 5) is 15.6. The molecule has 1 aliphatic heterocycles. The van der Waals surface area contributed by atoms with E-state index in [0.717, 1.165) is 44.4 Å². The quantitative estimate of drug-likeness (QED) is 0.300. The molecule has 0 unspecified atom stereocenters. The first-order valence-corrected chi connectivity index (χ1v) is 11.4. The highest BCUT2D eigenvalue weighted by molar-refractivity contribution is 6.02. The third kappa shape index (κ3) is 3.14. The van der Waals surface area contributed by atoms with Gasteiger partial charge in [0.05, 0.1) is 11.7 Å². The summed E-state index contributed by atoms with van der Waals surface area (Å²) in [5, 5.41) is 1.13. The normalized spacial score (nSPS) is 15.2. The number of amides is 1. The van der Waals surface area contributed by atoms with Crippen molar-refractivity contribution < 1.29 is 9.18 Å². The number of fused-ring (bicyclic) bond motifs is 2. The number of para-hydroxylation sites is 1. The molecule has 2 heterocycles. The van der Waals surface area contributed by atoms with Gasteiger partial charge in [-0.1, -0.05) is 78.9 Å². The Hall–Kier alpha value is -4.18. The second kappa shape index (κ2) is 7.99. The van der Waals surface area contributed by atoms with Crippen molar-refractivity contribution in [3.05, 3.63) is 131 Å². The smallest absolute Gasteiger partial charge is 0.255 e. The summed E-state index contributed by atoms with van der Waals surface area (Å²) in [5.74, 6) is -0.284. The molecule has 4 heteroatoms. The number of aryl methyl sites for hydroxylation is 1. The van der Waals surface area contributed by atoms with Crippen LogP contribution in [-0.2, 0) is 13.6 Å². The van der Waals surface area contributed by atoms with Gasteiger partial charge in [-0.25, -0.2) is 4.39 Å². The zero-order chi connectivity index (χ0) is 23.2. The minimum Gasteiger partial charge on any atom is -0.343 e. The van der Waals surface area contributed by atoms with Crippen LogP contribution in [0.5, 0.6) is 0 Å². The molecule has 0 N–H and O–H groups in total. The van der Waals surface area contributed by atoms with Gasteiger partial charge in [-0.05, 0) is 41.0 Å². The summed E-state index contributed by atoms with van der Waals surface area (Å²) in [7, 11) is 2.08. The Morgan fingerprint density at radius 2 is 1.47 bits per heavy atom. The van der Waals surface area contributed by atoms with Crippen LogP contribution < -0.4 is 0 Å². The van der Waals surface area contributed by atoms with Gasteiger partial charge < -0.3 is 9.47 Å². The second-order valence-electron chi connectivity index (χ2n) is 8.75. The van der Waals surface area contributed by atoms with E-state index in [0.29, 0.717) is 6.54 Å². The minimum absolute atomic E-state index is 0.00290. The molecule has 4 aromatic carbocycles. The Morgan fingerprint density at radius 3 is 2.26 bits per heavy atom. The fraction of sp³-hybridized carbons (Fsp3) is 0.100. The van der Waals surface area contributed by atoms with Crippen molar-refractivity contribution in [2.24, 2.45) is 7.05 Å².